The lowest BCUT2D eigenvalue weighted by molar-refractivity contribution is 0.476. The summed E-state index contributed by atoms with van der Waals surface area (Å²) >= 11 is 0. The van der Waals surface area contributed by atoms with Crippen LogP contribution in [-0.4, -0.2) is 15.0 Å². The first kappa shape index (κ1) is 25.1. The Bertz CT molecular complexity index is 1850. The highest BCUT2D eigenvalue weighted by atomic mass is 14.9. The van der Waals surface area contributed by atoms with Gasteiger partial charge in [-0.25, -0.2) is 15.0 Å². The summed E-state index contributed by atoms with van der Waals surface area (Å²) in [6.07, 6.45) is 3.90. The van der Waals surface area contributed by atoms with E-state index in [1.165, 1.54) is 27.8 Å². The molecule has 2 heterocycles. The minimum absolute atomic E-state index is 0.178. The van der Waals surface area contributed by atoms with Crippen LogP contribution < -0.4 is 0 Å². The molecule has 1 aliphatic rings. The first-order valence-electron chi connectivity index (χ1n) is 14.4. The maximum atomic E-state index is 5.37. The third-order valence-corrected chi connectivity index (χ3v) is 8.65. The second kappa shape index (κ2) is 10.3. The molecule has 0 aliphatic heterocycles. The third-order valence-electron chi connectivity index (χ3n) is 8.65. The van der Waals surface area contributed by atoms with Crippen molar-refractivity contribution < 1.29 is 0 Å². The summed E-state index contributed by atoms with van der Waals surface area (Å²) in [5.74, 6) is 0.770. The number of pyridine rings is 1. The van der Waals surface area contributed by atoms with Crippen molar-refractivity contribution >= 4 is 0 Å². The number of rotatable bonds is 6. The number of hydrogen-bond acceptors (Lipinski definition) is 3. The summed E-state index contributed by atoms with van der Waals surface area (Å²) in [6.45, 7) is 4.52. The predicted octanol–water partition coefficient (Wildman–Crippen LogP) is 9.63. The second-order valence-electron chi connectivity index (χ2n) is 10.7. The van der Waals surface area contributed by atoms with Crippen LogP contribution >= 0.6 is 0 Å². The van der Waals surface area contributed by atoms with Crippen molar-refractivity contribution in [1.29, 1.82) is 0 Å². The molecule has 3 heteroatoms. The molecule has 0 saturated heterocycles. The molecule has 0 spiro atoms. The van der Waals surface area contributed by atoms with Crippen LogP contribution in [0.25, 0.3) is 56.2 Å². The molecule has 7 rings (SSSR count). The molecule has 0 unspecified atom stereocenters. The van der Waals surface area contributed by atoms with E-state index >= 15 is 0 Å². The fourth-order valence-electron chi connectivity index (χ4n) is 6.47. The lowest BCUT2D eigenvalue weighted by atomic mass is 9.76. The van der Waals surface area contributed by atoms with Crippen molar-refractivity contribution in [3.63, 3.8) is 0 Å². The lowest BCUT2D eigenvalue weighted by Crippen LogP contribution is -2.24. The Morgan fingerprint density at radius 3 is 1.73 bits per heavy atom. The van der Waals surface area contributed by atoms with Crippen LogP contribution in [0.4, 0.5) is 0 Å². The highest BCUT2D eigenvalue weighted by Gasteiger charge is 2.43. The zero-order valence-corrected chi connectivity index (χ0v) is 23.4. The Kier molecular flexibility index (Phi) is 6.28. The van der Waals surface area contributed by atoms with E-state index < -0.39 is 0 Å². The average Bonchev–Trinajstić information content (AvgIpc) is 3.34. The van der Waals surface area contributed by atoms with Crippen LogP contribution in [0.3, 0.4) is 0 Å². The highest BCUT2D eigenvalue weighted by molar-refractivity contribution is 5.91. The van der Waals surface area contributed by atoms with Gasteiger partial charge in [0.15, 0.2) is 5.82 Å². The smallest absolute Gasteiger partial charge is 0.159 e. The molecule has 0 bridgehead atoms. The van der Waals surface area contributed by atoms with Crippen LogP contribution in [0, 0.1) is 0 Å². The molecule has 6 aromatic rings. The van der Waals surface area contributed by atoms with Crippen LogP contribution in [0.1, 0.15) is 37.9 Å². The molecule has 198 valence electrons. The Morgan fingerprint density at radius 1 is 0.512 bits per heavy atom. The molecule has 0 atom stereocenters. The first-order valence-corrected chi connectivity index (χ1v) is 14.4. The van der Waals surface area contributed by atoms with Crippen molar-refractivity contribution in [2.24, 2.45) is 0 Å². The number of nitrogens with zero attached hydrogens (tertiary/aromatic N) is 3. The lowest BCUT2D eigenvalue weighted by Gasteiger charge is -2.28. The van der Waals surface area contributed by atoms with E-state index in [0.29, 0.717) is 0 Å². The standard InChI is InChI=1S/C38H31N3/c1-3-38(4-2)33-23-24-34(40-35(33)32-25-39-37(41-36(32)38)27-17-9-6-10-18-27)31-22-14-13-21-30(31)29-20-12-11-19-28(29)26-15-7-5-8-16-26/h5-25H,3-4H2,1-2H3. The Morgan fingerprint density at radius 2 is 1.07 bits per heavy atom. The summed E-state index contributed by atoms with van der Waals surface area (Å²) in [7, 11) is 0. The number of hydrogen-bond donors (Lipinski definition) is 0. The number of fused-ring (bicyclic) bond motifs is 3. The van der Waals surface area contributed by atoms with E-state index in [1.807, 2.05) is 24.4 Å². The summed E-state index contributed by atoms with van der Waals surface area (Å²) in [5.41, 5.74) is 12.1. The van der Waals surface area contributed by atoms with Gasteiger partial charge in [0.1, 0.15) is 0 Å². The molecule has 0 N–H and O–H groups in total. The zero-order chi connectivity index (χ0) is 27.8. The van der Waals surface area contributed by atoms with Gasteiger partial charge < -0.3 is 0 Å². The zero-order valence-electron chi connectivity index (χ0n) is 23.4. The summed E-state index contributed by atoms with van der Waals surface area (Å²) < 4.78 is 0. The van der Waals surface area contributed by atoms with Gasteiger partial charge in [0, 0.05) is 28.3 Å². The van der Waals surface area contributed by atoms with Gasteiger partial charge in [0.2, 0.25) is 0 Å². The van der Waals surface area contributed by atoms with Crippen molar-refractivity contribution in [1.82, 2.24) is 15.0 Å². The van der Waals surface area contributed by atoms with Gasteiger partial charge in [-0.1, -0.05) is 129 Å². The molecule has 3 nitrogen and oxygen atoms in total. The Labute approximate surface area is 241 Å². The van der Waals surface area contributed by atoms with E-state index in [-0.39, 0.29) is 5.41 Å². The van der Waals surface area contributed by atoms with E-state index in [0.717, 1.165) is 52.4 Å². The topological polar surface area (TPSA) is 38.7 Å². The minimum Gasteiger partial charge on any atom is -0.247 e. The van der Waals surface area contributed by atoms with Gasteiger partial charge in [-0.3, -0.25) is 0 Å². The van der Waals surface area contributed by atoms with Crippen molar-refractivity contribution in [3.8, 4) is 56.2 Å². The van der Waals surface area contributed by atoms with Gasteiger partial charge in [0.05, 0.1) is 17.1 Å². The van der Waals surface area contributed by atoms with Crippen LogP contribution in [0.15, 0.2) is 128 Å². The van der Waals surface area contributed by atoms with Gasteiger partial charge in [0.25, 0.3) is 0 Å². The molecule has 1 aliphatic carbocycles. The Balaban J connectivity index is 1.39. The molecule has 0 fully saturated rings. The van der Waals surface area contributed by atoms with E-state index in [2.05, 4.69) is 117 Å². The largest absolute Gasteiger partial charge is 0.247 e. The Hall–Kier alpha value is -4.89. The van der Waals surface area contributed by atoms with E-state index in [9.17, 15) is 0 Å². The first-order chi connectivity index (χ1) is 20.2. The highest BCUT2D eigenvalue weighted by Crippen LogP contribution is 2.52. The van der Waals surface area contributed by atoms with Gasteiger partial charge in [-0.2, -0.15) is 0 Å². The van der Waals surface area contributed by atoms with Crippen molar-refractivity contribution in [2.75, 3.05) is 0 Å². The number of benzene rings is 4. The van der Waals surface area contributed by atoms with E-state index in [4.69, 9.17) is 15.0 Å². The fraction of sp³-hybridized carbons (Fsp3) is 0.132. The number of aromatic nitrogens is 3. The predicted molar refractivity (Wildman–Crippen MR) is 168 cm³/mol. The monoisotopic (exact) mass is 529 g/mol. The van der Waals surface area contributed by atoms with Crippen LogP contribution in [0.5, 0.6) is 0 Å². The van der Waals surface area contributed by atoms with Crippen molar-refractivity contribution in [3.05, 3.63) is 139 Å². The molecule has 0 amide bonds. The fourth-order valence-corrected chi connectivity index (χ4v) is 6.47. The summed E-state index contributed by atoms with van der Waals surface area (Å²) in [6, 6.07) is 42.6. The minimum atomic E-state index is -0.178. The van der Waals surface area contributed by atoms with Crippen molar-refractivity contribution in [2.45, 2.75) is 32.1 Å². The molecular weight excluding hydrogens is 498 g/mol. The van der Waals surface area contributed by atoms with Gasteiger partial charge in [-0.15, -0.1) is 0 Å². The normalized spacial score (nSPS) is 13.0. The summed E-state index contributed by atoms with van der Waals surface area (Å²) in [4.78, 5) is 15.4. The van der Waals surface area contributed by atoms with Gasteiger partial charge in [-0.05, 0) is 46.7 Å². The molecular formula is C38H31N3. The van der Waals surface area contributed by atoms with E-state index in [1.54, 1.807) is 0 Å². The summed E-state index contributed by atoms with van der Waals surface area (Å²) in [5, 5.41) is 0. The quantitative estimate of drug-likeness (QED) is 0.216. The third kappa shape index (κ3) is 4.08. The average molecular weight is 530 g/mol. The molecule has 0 saturated carbocycles. The molecule has 0 radical (unpaired) electrons. The SMILES string of the molecule is CCC1(CC)c2ccc(-c3ccccc3-c3ccccc3-c3ccccc3)nc2-c2cnc(-c3ccccc3)nc21. The molecule has 41 heavy (non-hydrogen) atoms. The molecule has 2 aromatic heterocycles. The van der Waals surface area contributed by atoms with Gasteiger partial charge >= 0.3 is 0 Å². The van der Waals surface area contributed by atoms with Crippen LogP contribution in [-0.2, 0) is 5.41 Å². The second-order valence-corrected chi connectivity index (χ2v) is 10.7. The van der Waals surface area contributed by atoms with Crippen LogP contribution in [0.2, 0.25) is 0 Å². The molecule has 4 aromatic carbocycles. The maximum Gasteiger partial charge on any atom is 0.159 e. The maximum absolute atomic E-state index is 5.37.